The van der Waals surface area contributed by atoms with Crippen molar-refractivity contribution in [2.24, 2.45) is 7.05 Å². The summed E-state index contributed by atoms with van der Waals surface area (Å²) in [6.45, 7) is 0. The Morgan fingerprint density at radius 2 is 1.86 bits per heavy atom. The molecule has 0 spiro atoms. The van der Waals surface area contributed by atoms with Crippen molar-refractivity contribution in [2.45, 2.75) is 5.92 Å². The number of aromatic nitrogens is 2. The summed E-state index contributed by atoms with van der Waals surface area (Å²) >= 11 is 3.49. The van der Waals surface area contributed by atoms with Crippen LogP contribution in [0.25, 0.3) is 5.76 Å². The fraction of sp³-hybridized carbons (Fsp3) is 0.0952. The average Bonchev–Trinajstić information content (AvgIpc) is 2.97. The number of aliphatic hydroxyl groups excluding tert-OH is 1. The van der Waals surface area contributed by atoms with E-state index >= 15 is 0 Å². The van der Waals surface area contributed by atoms with E-state index in [9.17, 15) is 14.7 Å². The van der Waals surface area contributed by atoms with E-state index in [4.69, 9.17) is 0 Å². The number of nitrogens with zero attached hydrogens (tertiary/aromatic N) is 1. The van der Waals surface area contributed by atoms with Crippen LogP contribution in [0, 0.1) is 0 Å². The van der Waals surface area contributed by atoms with Crippen LogP contribution in [0.1, 0.15) is 28.2 Å². The molecule has 138 valence electrons. The molecule has 6 nitrogen and oxygen atoms in total. The zero-order valence-corrected chi connectivity index (χ0v) is 16.4. The first-order valence-corrected chi connectivity index (χ1v) is 9.52. The molecule has 0 radical (unpaired) electrons. The SMILES string of the molecule is Cn1c2c(c(=O)[nH]c1=O)C(c1cccc(Br)c1)C1=C(O)c3ccccc3C1=[NH+]2. The molecule has 1 aromatic heterocycles. The van der Waals surface area contributed by atoms with E-state index in [-0.39, 0.29) is 5.76 Å². The highest BCUT2D eigenvalue weighted by Crippen LogP contribution is 2.43. The lowest BCUT2D eigenvalue weighted by molar-refractivity contribution is -0.363. The van der Waals surface area contributed by atoms with Crippen LogP contribution in [0.2, 0.25) is 0 Å². The number of fused-ring (bicyclic) bond motifs is 4. The fourth-order valence-electron chi connectivity index (χ4n) is 4.07. The number of benzene rings is 2. The maximum Gasteiger partial charge on any atom is 0.415 e. The fourth-order valence-corrected chi connectivity index (χ4v) is 4.49. The number of halogens is 1. The van der Waals surface area contributed by atoms with Crippen LogP contribution >= 0.6 is 15.9 Å². The Bertz CT molecular complexity index is 1350. The zero-order chi connectivity index (χ0) is 19.6. The molecule has 0 amide bonds. The van der Waals surface area contributed by atoms with E-state index in [2.05, 4.69) is 25.9 Å². The Morgan fingerprint density at radius 3 is 2.61 bits per heavy atom. The lowest BCUT2D eigenvalue weighted by atomic mass is 9.81. The van der Waals surface area contributed by atoms with Crippen molar-refractivity contribution in [1.82, 2.24) is 9.55 Å². The highest BCUT2D eigenvalue weighted by Gasteiger charge is 2.43. The Labute approximate surface area is 167 Å². The largest absolute Gasteiger partial charge is 0.507 e. The van der Waals surface area contributed by atoms with Gasteiger partial charge in [0.1, 0.15) is 17.0 Å². The molecule has 1 aliphatic heterocycles. The van der Waals surface area contributed by atoms with Crippen LogP contribution in [-0.4, -0.2) is 20.4 Å². The molecule has 0 fully saturated rings. The minimum atomic E-state index is -0.522. The van der Waals surface area contributed by atoms with Gasteiger partial charge in [0.2, 0.25) is 0 Å². The summed E-state index contributed by atoms with van der Waals surface area (Å²) in [6, 6.07) is 15.1. The Hall–Kier alpha value is -3.19. The van der Waals surface area contributed by atoms with Gasteiger partial charge in [-0.15, -0.1) is 0 Å². The van der Waals surface area contributed by atoms with Crippen molar-refractivity contribution in [1.29, 1.82) is 0 Å². The van der Waals surface area contributed by atoms with Gasteiger partial charge in [-0.05, 0) is 23.8 Å². The summed E-state index contributed by atoms with van der Waals surface area (Å²) in [4.78, 5) is 30.7. The van der Waals surface area contributed by atoms with E-state index in [0.717, 1.165) is 15.6 Å². The summed E-state index contributed by atoms with van der Waals surface area (Å²) in [6.07, 6.45) is 0. The predicted molar refractivity (Wildman–Crippen MR) is 109 cm³/mol. The van der Waals surface area contributed by atoms with Gasteiger partial charge in [-0.1, -0.05) is 46.3 Å². The number of aromatic amines is 1. The first kappa shape index (κ1) is 16.9. The van der Waals surface area contributed by atoms with Crippen molar-refractivity contribution in [2.75, 3.05) is 0 Å². The predicted octanol–water partition coefficient (Wildman–Crippen LogP) is 1.47. The van der Waals surface area contributed by atoms with Gasteiger partial charge in [-0.3, -0.25) is 9.78 Å². The maximum absolute atomic E-state index is 12.8. The monoisotopic (exact) mass is 436 g/mol. The van der Waals surface area contributed by atoms with Gasteiger partial charge in [0, 0.05) is 15.6 Å². The quantitative estimate of drug-likeness (QED) is 0.539. The molecule has 5 rings (SSSR count). The third-order valence-electron chi connectivity index (χ3n) is 5.34. The number of H-pyrrole nitrogens is 1. The molecule has 3 N–H and O–H groups in total. The second kappa shape index (κ2) is 5.90. The van der Waals surface area contributed by atoms with E-state index in [1.165, 1.54) is 4.57 Å². The Morgan fingerprint density at radius 1 is 1.11 bits per heavy atom. The van der Waals surface area contributed by atoms with E-state index < -0.39 is 17.2 Å². The summed E-state index contributed by atoms with van der Waals surface area (Å²) in [5.41, 5.74) is 3.18. The molecule has 2 aliphatic rings. The van der Waals surface area contributed by atoms with Crippen LogP contribution in [0.15, 0.2) is 68.2 Å². The number of hydrogen-bond acceptors (Lipinski definition) is 3. The number of nitrogens with one attached hydrogen (secondary N) is 2. The molecular formula is C21H15BrN3O3+. The van der Waals surface area contributed by atoms with E-state index in [1.807, 2.05) is 48.5 Å². The van der Waals surface area contributed by atoms with Gasteiger partial charge in [0.15, 0.2) is 0 Å². The molecule has 2 heterocycles. The van der Waals surface area contributed by atoms with Gasteiger partial charge in [0.25, 0.3) is 11.4 Å². The normalized spacial score (nSPS) is 17.1. The third kappa shape index (κ3) is 2.23. The summed E-state index contributed by atoms with van der Waals surface area (Å²) in [7, 11) is 1.61. The highest BCUT2D eigenvalue weighted by atomic mass is 79.9. The van der Waals surface area contributed by atoms with Gasteiger partial charge in [-0.2, -0.15) is 4.57 Å². The van der Waals surface area contributed by atoms with Crippen molar-refractivity contribution in [3.05, 3.63) is 102 Å². The molecule has 1 atom stereocenters. The lowest BCUT2D eigenvalue weighted by Gasteiger charge is -2.23. The number of hydrogen-bond donors (Lipinski definition) is 3. The molecule has 3 aromatic rings. The highest BCUT2D eigenvalue weighted by molar-refractivity contribution is 9.10. The zero-order valence-electron chi connectivity index (χ0n) is 14.8. The molecule has 28 heavy (non-hydrogen) atoms. The first-order chi connectivity index (χ1) is 13.5. The van der Waals surface area contributed by atoms with Crippen LogP contribution < -0.4 is 16.2 Å². The van der Waals surface area contributed by atoms with Crippen molar-refractivity contribution in [3.8, 4) is 0 Å². The minimum Gasteiger partial charge on any atom is -0.507 e. The topological polar surface area (TPSA) is 89.1 Å². The smallest absolute Gasteiger partial charge is 0.415 e. The molecule has 2 aromatic carbocycles. The van der Waals surface area contributed by atoms with Crippen LogP contribution in [-0.2, 0) is 7.05 Å². The van der Waals surface area contributed by atoms with Crippen molar-refractivity contribution < 1.29 is 10.1 Å². The molecular weight excluding hydrogens is 422 g/mol. The van der Waals surface area contributed by atoms with Gasteiger partial charge in [-0.25, -0.2) is 9.79 Å². The first-order valence-electron chi connectivity index (χ1n) is 8.73. The summed E-state index contributed by atoms with van der Waals surface area (Å²) in [5, 5.41) is 11.0. The van der Waals surface area contributed by atoms with Crippen LogP contribution in [0.3, 0.4) is 0 Å². The van der Waals surface area contributed by atoms with Crippen molar-refractivity contribution >= 4 is 33.2 Å². The molecule has 0 bridgehead atoms. The van der Waals surface area contributed by atoms with E-state index in [1.54, 1.807) is 7.05 Å². The molecule has 1 unspecified atom stereocenters. The number of rotatable bonds is 1. The van der Waals surface area contributed by atoms with Gasteiger partial charge >= 0.3 is 5.69 Å². The number of aliphatic hydroxyl groups is 1. The van der Waals surface area contributed by atoms with Crippen molar-refractivity contribution in [3.63, 3.8) is 0 Å². The Balaban J connectivity index is 1.94. The number of allylic oxidation sites excluding steroid dienone is 1. The van der Waals surface area contributed by atoms with Gasteiger partial charge in [0.05, 0.1) is 18.5 Å². The minimum absolute atomic E-state index is 0.141. The second-order valence-electron chi connectivity index (χ2n) is 6.88. The van der Waals surface area contributed by atoms with Crippen LogP contribution in [0.5, 0.6) is 0 Å². The average molecular weight is 437 g/mol. The molecule has 0 saturated carbocycles. The summed E-state index contributed by atoms with van der Waals surface area (Å²) in [5.74, 6) is 0.0515. The van der Waals surface area contributed by atoms with E-state index in [0.29, 0.717) is 28.2 Å². The molecule has 0 saturated heterocycles. The summed E-state index contributed by atoms with van der Waals surface area (Å²) < 4.78 is 2.26. The lowest BCUT2D eigenvalue weighted by Crippen LogP contribution is -2.72. The second-order valence-corrected chi connectivity index (χ2v) is 7.79. The third-order valence-corrected chi connectivity index (χ3v) is 5.83. The van der Waals surface area contributed by atoms with Crippen LogP contribution in [0.4, 0.5) is 5.82 Å². The molecule has 1 aliphatic carbocycles. The Kier molecular flexibility index (Phi) is 3.57. The van der Waals surface area contributed by atoms with Gasteiger partial charge < -0.3 is 5.11 Å². The maximum atomic E-state index is 12.8. The standard InChI is InChI=1S/C21H14BrN3O3/c1-25-19-16(20(27)24-21(25)28)14(10-5-4-6-11(22)9-10)15-17(23-19)12-7-2-3-8-13(12)18(15)26/h2-9,14,26H,1H3,(H,24,27,28)/p+1. The molecule has 7 heteroatoms.